The highest BCUT2D eigenvalue weighted by Crippen LogP contribution is 2.37. The van der Waals surface area contributed by atoms with Crippen LogP contribution >= 0.6 is 0 Å². The van der Waals surface area contributed by atoms with E-state index < -0.39 is 0 Å². The molecule has 4 heterocycles. The van der Waals surface area contributed by atoms with E-state index in [4.69, 9.17) is 19.6 Å². The van der Waals surface area contributed by atoms with Gasteiger partial charge in [-0.15, -0.1) is 0 Å². The lowest BCUT2D eigenvalue weighted by molar-refractivity contribution is 0.196. The largest absolute Gasteiger partial charge is 0.493 e. The minimum atomic E-state index is 0.328. The summed E-state index contributed by atoms with van der Waals surface area (Å²) >= 11 is 0. The van der Waals surface area contributed by atoms with E-state index in [-0.39, 0.29) is 0 Å². The van der Waals surface area contributed by atoms with Crippen molar-refractivity contribution in [3.8, 4) is 22.6 Å². The van der Waals surface area contributed by atoms with Crippen LogP contribution < -0.4 is 9.47 Å². The Kier molecular flexibility index (Phi) is 6.00. The maximum absolute atomic E-state index is 5.62. The van der Waals surface area contributed by atoms with Gasteiger partial charge in [-0.2, -0.15) is 10.2 Å². The molecule has 8 nitrogen and oxygen atoms in total. The number of para-hydroxylation sites is 1. The van der Waals surface area contributed by atoms with Crippen LogP contribution in [0.2, 0.25) is 0 Å². The Balaban J connectivity index is 1.37. The van der Waals surface area contributed by atoms with Gasteiger partial charge in [0.2, 0.25) is 0 Å². The number of aromatic nitrogens is 5. The number of methoxy groups -OCH3 is 2. The fourth-order valence-electron chi connectivity index (χ4n) is 4.68. The molecule has 172 valence electrons. The molecule has 0 amide bonds. The van der Waals surface area contributed by atoms with Crippen molar-refractivity contribution in [2.75, 3.05) is 27.3 Å². The van der Waals surface area contributed by atoms with Gasteiger partial charge < -0.3 is 9.47 Å². The number of benzene rings is 1. The Bertz CT molecular complexity index is 1250. The van der Waals surface area contributed by atoms with Crippen LogP contribution in [0.5, 0.6) is 11.5 Å². The van der Waals surface area contributed by atoms with E-state index in [1.165, 1.54) is 5.56 Å². The number of likely N-dealkylation sites (tertiary alicyclic amines) is 1. The SMILES string of the molecule is CCn1cc(CN2CCC[C@@H](c3nc4ccc(-c5cccc(OC)c5OC)cn4n3)C2)cn1. The third-order valence-electron chi connectivity index (χ3n) is 6.35. The lowest BCUT2D eigenvalue weighted by Crippen LogP contribution is -2.34. The highest BCUT2D eigenvalue weighted by atomic mass is 16.5. The monoisotopic (exact) mass is 446 g/mol. The fraction of sp³-hybridized carbons (Fsp3) is 0.400. The van der Waals surface area contributed by atoms with Gasteiger partial charge >= 0.3 is 0 Å². The van der Waals surface area contributed by atoms with E-state index in [1.807, 2.05) is 45.9 Å². The zero-order valence-corrected chi connectivity index (χ0v) is 19.4. The summed E-state index contributed by atoms with van der Waals surface area (Å²) in [5.41, 5.74) is 4.09. The van der Waals surface area contributed by atoms with Crippen LogP contribution in [0.3, 0.4) is 0 Å². The first-order valence-electron chi connectivity index (χ1n) is 11.5. The summed E-state index contributed by atoms with van der Waals surface area (Å²) in [4.78, 5) is 7.35. The number of piperidine rings is 1. The summed E-state index contributed by atoms with van der Waals surface area (Å²) in [5, 5.41) is 9.28. The second-order valence-corrected chi connectivity index (χ2v) is 8.51. The molecule has 0 radical (unpaired) electrons. The first-order chi connectivity index (χ1) is 16.2. The summed E-state index contributed by atoms with van der Waals surface area (Å²) in [5.74, 6) is 2.67. The Hall–Kier alpha value is -3.39. The van der Waals surface area contributed by atoms with Gasteiger partial charge in [0.05, 0.1) is 20.4 Å². The minimum Gasteiger partial charge on any atom is -0.493 e. The van der Waals surface area contributed by atoms with E-state index >= 15 is 0 Å². The summed E-state index contributed by atoms with van der Waals surface area (Å²) < 4.78 is 14.9. The van der Waals surface area contributed by atoms with Gasteiger partial charge in [-0.3, -0.25) is 9.58 Å². The third-order valence-corrected chi connectivity index (χ3v) is 6.35. The van der Waals surface area contributed by atoms with Crippen molar-refractivity contribution in [3.63, 3.8) is 0 Å². The lowest BCUT2D eigenvalue weighted by Gasteiger charge is -2.30. The van der Waals surface area contributed by atoms with E-state index in [0.29, 0.717) is 17.4 Å². The molecule has 0 N–H and O–H groups in total. The molecule has 1 aliphatic heterocycles. The van der Waals surface area contributed by atoms with Crippen LogP contribution in [0.15, 0.2) is 48.9 Å². The predicted molar refractivity (Wildman–Crippen MR) is 127 cm³/mol. The molecule has 1 aliphatic rings. The van der Waals surface area contributed by atoms with Crippen molar-refractivity contribution < 1.29 is 9.47 Å². The lowest BCUT2D eigenvalue weighted by atomic mass is 9.97. The van der Waals surface area contributed by atoms with Crippen LogP contribution in [-0.4, -0.2) is 56.6 Å². The molecule has 1 aromatic carbocycles. The predicted octanol–water partition coefficient (Wildman–Crippen LogP) is 4.01. The van der Waals surface area contributed by atoms with E-state index in [0.717, 1.165) is 61.6 Å². The molecule has 1 fully saturated rings. The van der Waals surface area contributed by atoms with Crippen molar-refractivity contribution in [3.05, 3.63) is 60.3 Å². The zero-order chi connectivity index (χ0) is 22.8. The molecule has 1 atom stereocenters. The molecule has 33 heavy (non-hydrogen) atoms. The first-order valence-corrected chi connectivity index (χ1v) is 11.5. The second kappa shape index (κ2) is 9.23. The Morgan fingerprint density at radius 3 is 2.79 bits per heavy atom. The number of rotatable bonds is 7. The van der Waals surface area contributed by atoms with E-state index in [9.17, 15) is 0 Å². The van der Waals surface area contributed by atoms with Gasteiger partial charge in [-0.1, -0.05) is 12.1 Å². The molecule has 1 saturated heterocycles. The van der Waals surface area contributed by atoms with Crippen LogP contribution in [-0.2, 0) is 13.1 Å². The molecule has 0 bridgehead atoms. The smallest absolute Gasteiger partial charge is 0.168 e. The van der Waals surface area contributed by atoms with Crippen molar-refractivity contribution in [1.82, 2.24) is 29.3 Å². The molecule has 3 aromatic heterocycles. The normalized spacial score (nSPS) is 16.9. The van der Waals surface area contributed by atoms with Crippen LogP contribution in [0.1, 0.15) is 37.1 Å². The second-order valence-electron chi connectivity index (χ2n) is 8.51. The van der Waals surface area contributed by atoms with Gasteiger partial charge in [-0.25, -0.2) is 9.50 Å². The maximum atomic E-state index is 5.62. The van der Waals surface area contributed by atoms with Crippen LogP contribution in [0.4, 0.5) is 0 Å². The number of aryl methyl sites for hydroxylation is 1. The quantitative estimate of drug-likeness (QED) is 0.427. The van der Waals surface area contributed by atoms with Gasteiger partial charge in [0.1, 0.15) is 0 Å². The van der Waals surface area contributed by atoms with Gasteiger partial charge in [0.25, 0.3) is 0 Å². The number of hydrogen-bond donors (Lipinski definition) is 0. The topological polar surface area (TPSA) is 69.7 Å². The maximum Gasteiger partial charge on any atom is 0.168 e. The Morgan fingerprint density at radius 1 is 1.09 bits per heavy atom. The highest BCUT2D eigenvalue weighted by molar-refractivity contribution is 5.74. The van der Waals surface area contributed by atoms with E-state index in [1.54, 1.807) is 14.2 Å². The van der Waals surface area contributed by atoms with E-state index in [2.05, 4.69) is 29.2 Å². The molecule has 8 heteroatoms. The number of hydrogen-bond acceptors (Lipinski definition) is 6. The molecular formula is C25H30N6O2. The number of nitrogens with zero attached hydrogens (tertiary/aromatic N) is 6. The van der Waals surface area contributed by atoms with Crippen LogP contribution in [0, 0.1) is 0 Å². The summed E-state index contributed by atoms with van der Waals surface area (Å²) in [6.45, 7) is 5.99. The van der Waals surface area contributed by atoms with Gasteiger partial charge in [-0.05, 0) is 44.5 Å². The van der Waals surface area contributed by atoms with Crippen LogP contribution in [0.25, 0.3) is 16.8 Å². The number of pyridine rings is 1. The average molecular weight is 447 g/mol. The average Bonchev–Trinajstić information content (AvgIpc) is 3.49. The van der Waals surface area contributed by atoms with Gasteiger partial charge in [0, 0.05) is 54.6 Å². The van der Waals surface area contributed by atoms with Crippen molar-refractivity contribution >= 4 is 5.65 Å². The standard InChI is InChI=1S/C25H30N6O2/c1-4-30-15-18(13-26-30)14-29-12-6-7-20(16-29)25-27-23-11-10-19(17-31(23)28-25)21-8-5-9-22(32-2)24(21)33-3/h5,8-11,13,15,17,20H,4,6-7,12,14,16H2,1-3H3/t20-/m1/s1. The molecule has 0 spiro atoms. The zero-order valence-electron chi connectivity index (χ0n) is 19.4. The molecule has 0 unspecified atom stereocenters. The summed E-state index contributed by atoms with van der Waals surface area (Å²) in [7, 11) is 3.31. The minimum absolute atomic E-state index is 0.328. The number of ether oxygens (including phenoxy) is 2. The Morgan fingerprint density at radius 2 is 2.00 bits per heavy atom. The fourth-order valence-corrected chi connectivity index (χ4v) is 4.68. The van der Waals surface area contributed by atoms with Gasteiger partial charge in [0.15, 0.2) is 23.0 Å². The molecule has 4 aromatic rings. The molecular weight excluding hydrogens is 416 g/mol. The molecule has 0 aliphatic carbocycles. The molecule has 5 rings (SSSR count). The van der Waals surface area contributed by atoms with Crippen molar-refractivity contribution in [2.24, 2.45) is 0 Å². The summed E-state index contributed by atoms with van der Waals surface area (Å²) in [6, 6.07) is 9.97. The van der Waals surface area contributed by atoms with Crippen molar-refractivity contribution in [1.29, 1.82) is 0 Å². The van der Waals surface area contributed by atoms with Crippen molar-refractivity contribution in [2.45, 2.75) is 38.8 Å². The highest BCUT2D eigenvalue weighted by Gasteiger charge is 2.25. The first kappa shape index (κ1) is 21.5. The number of fused-ring (bicyclic) bond motifs is 1. The third kappa shape index (κ3) is 4.30. The molecule has 0 saturated carbocycles. The Labute approximate surface area is 193 Å². The summed E-state index contributed by atoms with van der Waals surface area (Å²) in [6.07, 6.45) is 8.39.